The molecule has 0 spiro atoms. The van der Waals surface area contributed by atoms with E-state index in [0.717, 1.165) is 0 Å². The normalized spacial score (nSPS) is 13.4. The van der Waals surface area contributed by atoms with Gasteiger partial charge in [0.25, 0.3) is 5.91 Å². The monoisotopic (exact) mass is 261 g/mol. The number of nitrogens with zero attached hydrogens (tertiary/aromatic N) is 2. The van der Waals surface area contributed by atoms with Crippen molar-refractivity contribution < 1.29 is 14.7 Å². The number of aromatic carboxylic acids is 1. The maximum atomic E-state index is 12.1. The molecule has 1 amide bonds. The van der Waals surface area contributed by atoms with E-state index < -0.39 is 17.4 Å². The highest BCUT2D eigenvalue weighted by molar-refractivity contribution is 6.03. The van der Waals surface area contributed by atoms with Gasteiger partial charge in [-0.05, 0) is 25.0 Å². The minimum Gasteiger partial charge on any atom is -0.478 e. The van der Waals surface area contributed by atoms with Crippen molar-refractivity contribution in [2.45, 2.75) is 26.3 Å². The third kappa shape index (κ3) is 3.07. The zero-order valence-corrected chi connectivity index (χ0v) is 11.0. The molecule has 0 aromatic carbocycles. The van der Waals surface area contributed by atoms with Crippen molar-refractivity contribution in [2.24, 2.45) is 5.92 Å². The summed E-state index contributed by atoms with van der Waals surface area (Å²) in [5, 5.41) is 20.7. The number of aromatic nitrogens is 1. The summed E-state index contributed by atoms with van der Waals surface area (Å²) in [5.74, 6) is -2.03. The standard InChI is InChI=1S/C13H15N3O3/c1-8(2)13(3,7-14)16-11(17)10-9(12(18)19)5-4-6-15-10/h4-6,8H,1-3H3,(H,16,17)(H,18,19). The fourth-order valence-corrected chi connectivity index (χ4v) is 1.36. The minimum atomic E-state index is -1.23. The van der Waals surface area contributed by atoms with Crippen LogP contribution >= 0.6 is 0 Å². The molecule has 0 aliphatic heterocycles. The lowest BCUT2D eigenvalue weighted by atomic mass is 9.90. The molecular weight excluding hydrogens is 246 g/mol. The highest BCUT2D eigenvalue weighted by atomic mass is 16.4. The number of amides is 1. The number of carbonyl (C=O) groups is 2. The number of nitrogens with one attached hydrogen (secondary N) is 1. The number of carboxylic acid groups (broad SMARTS) is 1. The number of hydrogen-bond donors (Lipinski definition) is 2. The van der Waals surface area contributed by atoms with Crippen LogP contribution in [0.15, 0.2) is 18.3 Å². The number of pyridine rings is 1. The van der Waals surface area contributed by atoms with Crippen molar-refractivity contribution in [3.8, 4) is 6.07 Å². The molecule has 0 fully saturated rings. The predicted molar refractivity (Wildman–Crippen MR) is 67.5 cm³/mol. The Morgan fingerprint density at radius 2 is 2.16 bits per heavy atom. The molecule has 0 radical (unpaired) electrons. The van der Waals surface area contributed by atoms with Crippen LogP contribution in [-0.2, 0) is 0 Å². The second kappa shape index (κ2) is 5.48. The third-order valence-electron chi connectivity index (χ3n) is 3.01. The van der Waals surface area contributed by atoms with Crippen molar-refractivity contribution in [3.05, 3.63) is 29.6 Å². The average Bonchev–Trinajstić information content (AvgIpc) is 2.38. The number of carbonyl (C=O) groups excluding carboxylic acids is 1. The fraction of sp³-hybridized carbons (Fsp3) is 0.385. The first-order valence-corrected chi connectivity index (χ1v) is 5.74. The second-order valence-electron chi connectivity index (χ2n) is 4.63. The third-order valence-corrected chi connectivity index (χ3v) is 3.01. The van der Waals surface area contributed by atoms with Crippen LogP contribution in [0.3, 0.4) is 0 Å². The lowest BCUT2D eigenvalue weighted by Gasteiger charge is -2.27. The molecule has 0 aliphatic carbocycles. The van der Waals surface area contributed by atoms with Crippen LogP contribution in [0.5, 0.6) is 0 Å². The molecule has 0 saturated carbocycles. The van der Waals surface area contributed by atoms with E-state index in [2.05, 4.69) is 10.3 Å². The molecule has 1 aromatic rings. The van der Waals surface area contributed by atoms with Gasteiger partial charge in [0.2, 0.25) is 0 Å². The van der Waals surface area contributed by atoms with Gasteiger partial charge in [-0.15, -0.1) is 0 Å². The van der Waals surface area contributed by atoms with E-state index in [1.165, 1.54) is 18.3 Å². The Labute approximate surface area is 111 Å². The Morgan fingerprint density at radius 1 is 1.53 bits per heavy atom. The second-order valence-corrected chi connectivity index (χ2v) is 4.63. The lowest BCUT2D eigenvalue weighted by Crippen LogP contribution is -2.49. The quantitative estimate of drug-likeness (QED) is 0.853. The Kier molecular flexibility index (Phi) is 4.22. The average molecular weight is 261 g/mol. The topological polar surface area (TPSA) is 103 Å². The number of carboxylic acids is 1. The fourth-order valence-electron chi connectivity index (χ4n) is 1.36. The molecule has 1 atom stereocenters. The van der Waals surface area contributed by atoms with Crippen LogP contribution in [0.25, 0.3) is 0 Å². The van der Waals surface area contributed by atoms with Gasteiger partial charge in [0.15, 0.2) is 0 Å². The summed E-state index contributed by atoms with van der Waals surface area (Å²) < 4.78 is 0. The molecule has 100 valence electrons. The molecular formula is C13H15N3O3. The van der Waals surface area contributed by atoms with E-state index in [1.807, 2.05) is 6.07 Å². The van der Waals surface area contributed by atoms with Crippen LogP contribution in [-0.4, -0.2) is 27.5 Å². The van der Waals surface area contributed by atoms with Gasteiger partial charge in [0, 0.05) is 6.20 Å². The van der Waals surface area contributed by atoms with Gasteiger partial charge in [-0.1, -0.05) is 13.8 Å². The van der Waals surface area contributed by atoms with Gasteiger partial charge in [-0.25, -0.2) is 4.79 Å². The molecule has 2 N–H and O–H groups in total. The smallest absolute Gasteiger partial charge is 0.338 e. The van der Waals surface area contributed by atoms with Gasteiger partial charge in [0.05, 0.1) is 11.6 Å². The highest BCUT2D eigenvalue weighted by Gasteiger charge is 2.32. The number of nitriles is 1. The largest absolute Gasteiger partial charge is 0.478 e. The highest BCUT2D eigenvalue weighted by Crippen LogP contribution is 2.16. The van der Waals surface area contributed by atoms with E-state index in [1.54, 1.807) is 20.8 Å². The number of hydrogen-bond acceptors (Lipinski definition) is 4. The van der Waals surface area contributed by atoms with Gasteiger partial charge < -0.3 is 10.4 Å². The Hall–Kier alpha value is -2.42. The molecule has 1 heterocycles. The zero-order valence-electron chi connectivity index (χ0n) is 11.0. The van der Waals surface area contributed by atoms with Crippen LogP contribution in [0.2, 0.25) is 0 Å². The van der Waals surface area contributed by atoms with Gasteiger partial charge in [-0.3, -0.25) is 9.78 Å². The lowest BCUT2D eigenvalue weighted by molar-refractivity contribution is 0.0688. The first-order valence-electron chi connectivity index (χ1n) is 5.74. The van der Waals surface area contributed by atoms with E-state index >= 15 is 0 Å². The SMILES string of the molecule is CC(C)C(C)(C#N)NC(=O)c1ncccc1C(=O)O. The van der Waals surface area contributed by atoms with Crippen molar-refractivity contribution in [1.82, 2.24) is 10.3 Å². The molecule has 1 aromatic heterocycles. The summed E-state index contributed by atoms with van der Waals surface area (Å²) in [5.41, 5.74) is -1.47. The van der Waals surface area contributed by atoms with E-state index in [0.29, 0.717) is 0 Å². The molecule has 6 heteroatoms. The van der Waals surface area contributed by atoms with E-state index in [-0.39, 0.29) is 17.2 Å². The van der Waals surface area contributed by atoms with Crippen LogP contribution in [0.4, 0.5) is 0 Å². The van der Waals surface area contributed by atoms with Crippen LogP contribution in [0.1, 0.15) is 41.6 Å². The summed E-state index contributed by atoms with van der Waals surface area (Å²) in [6, 6.07) is 4.75. The van der Waals surface area contributed by atoms with E-state index in [9.17, 15) is 9.59 Å². The van der Waals surface area contributed by atoms with Crippen molar-refractivity contribution in [3.63, 3.8) is 0 Å². The Bertz CT molecular complexity index is 548. The van der Waals surface area contributed by atoms with Gasteiger partial charge in [0.1, 0.15) is 11.2 Å². The zero-order chi connectivity index (χ0) is 14.6. The van der Waals surface area contributed by atoms with Crippen molar-refractivity contribution in [1.29, 1.82) is 5.26 Å². The first-order chi connectivity index (χ1) is 8.81. The Balaban J connectivity index is 3.10. The molecule has 0 saturated heterocycles. The summed E-state index contributed by atoms with van der Waals surface area (Å²) in [4.78, 5) is 26.8. The van der Waals surface area contributed by atoms with E-state index in [4.69, 9.17) is 10.4 Å². The summed E-state index contributed by atoms with van der Waals surface area (Å²) in [6.07, 6.45) is 1.33. The maximum absolute atomic E-state index is 12.1. The first kappa shape index (κ1) is 14.6. The molecule has 0 bridgehead atoms. The molecule has 6 nitrogen and oxygen atoms in total. The molecule has 0 aliphatic rings. The van der Waals surface area contributed by atoms with Gasteiger partial charge >= 0.3 is 5.97 Å². The van der Waals surface area contributed by atoms with Crippen LogP contribution in [0, 0.1) is 17.2 Å². The molecule has 19 heavy (non-hydrogen) atoms. The minimum absolute atomic E-state index is 0.126. The molecule has 1 unspecified atom stereocenters. The maximum Gasteiger partial charge on any atom is 0.338 e. The van der Waals surface area contributed by atoms with Crippen LogP contribution < -0.4 is 5.32 Å². The van der Waals surface area contributed by atoms with Crippen molar-refractivity contribution in [2.75, 3.05) is 0 Å². The van der Waals surface area contributed by atoms with Crippen molar-refractivity contribution >= 4 is 11.9 Å². The number of rotatable bonds is 4. The summed E-state index contributed by atoms with van der Waals surface area (Å²) >= 11 is 0. The molecule has 1 rings (SSSR count). The Morgan fingerprint density at radius 3 is 2.63 bits per heavy atom. The predicted octanol–water partition coefficient (Wildman–Crippen LogP) is 1.45. The van der Waals surface area contributed by atoms with Gasteiger partial charge in [-0.2, -0.15) is 5.26 Å². The summed E-state index contributed by atoms with van der Waals surface area (Å²) in [7, 11) is 0. The summed E-state index contributed by atoms with van der Waals surface area (Å²) in [6.45, 7) is 5.17.